The van der Waals surface area contributed by atoms with Crippen LogP contribution < -0.4 is 11.1 Å². The third kappa shape index (κ3) is 2.38. The summed E-state index contributed by atoms with van der Waals surface area (Å²) in [4.78, 5) is 20.6. The van der Waals surface area contributed by atoms with E-state index >= 15 is 0 Å². The number of anilines is 2. The Labute approximate surface area is 137 Å². The molecule has 1 fully saturated rings. The van der Waals surface area contributed by atoms with Crippen LogP contribution in [0, 0.1) is 0 Å². The van der Waals surface area contributed by atoms with E-state index in [0.717, 1.165) is 18.6 Å². The lowest BCUT2D eigenvalue weighted by atomic mass is 10.2. The molecule has 0 aliphatic heterocycles. The molecule has 1 saturated carbocycles. The summed E-state index contributed by atoms with van der Waals surface area (Å²) < 4.78 is 6.91. The van der Waals surface area contributed by atoms with Crippen LogP contribution in [0.5, 0.6) is 0 Å². The van der Waals surface area contributed by atoms with Gasteiger partial charge in [0.05, 0.1) is 0 Å². The van der Waals surface area contributed by atoms with E-state index in [4.69, 9.17) is 10.3 Å². The largest absolute Gasteiger partial charge is 0.383 e. The predicted octanol–water partition coefficient (Wildman–Crippen LogP) is 2.11. The van der Waals surface area contributed by atoms with E-state index in [1.165, 1.54) is 6.33 Å². The minimum atomic E-state index is -0.399. The number of carbonyl (C=O) groups is 1. The van der Waals surface area contributed by atoms with Crippen molar-refractivity contribution < 1.29 is 9.32 Å². The number of nitrogens with one attached hydrogen (secondary N) is 1. The van der Waals surface area contributed by atoms with Gasteiger partial charge in [0.1, 0.15) is 23.3 Å². The number of amides is 1. The van der Waals surface area contributed by atoms with Crippen LogP contribution in [0.4, 0.5) is 11.6 Å². The first kappa shape index (κ1) is 14.6. The zero-order chi connectivity index (χ0) is 16.8. The molecule has 3 N–H and O–H groups in total. The van der Waals surface area contributed by atoms with Crippen molar-refractivity contribution in [1.82, 2.24) is 24.9 Å². The average molecular weight is 327 g/mol. The van der Waals surface area contributed by atoms with E-state index in [-0.39, 0.29) is 17.6 Å². The SMILES string of the molecule is CC(C)n1nc(NC(=O)c2cc(C3CC3)on2)c2c(N)ncnc21. The Morgan fingerprint density at radius 2 is 2.21 bits per heavy atom. The fourth-order valence-corrected chi connectivity index (χ4v) is 2.57. The Balaban J connectivity index is 1.69. The summed E-state index contributed by atoms with van der Waals surface area (Å²) in [6, 6.07) is 1.73. The highest BCUT2D eigenvalue weighted by atomic mass is 16.5. The fourth-order valence-electron chi connectivity index (χ4n) is 2.57. The van der Waals surface area contributed by atoms with Crippen molar-refractivity contribution in [3.63, 3.8) is 0 Å². The Bertz CT molecular complexity index is 923. The standard InChI is InChI=1S/C15H17N7O2/c1-7(2)22-14-11(12(16)17-6-18-14)13(20-22)19-15(23)9-5-10(24-21-9)8-3-4-8/h5-8H,3-4H2,1-2H3,(H2,16,17,18)(H,19,20,23). The first-order chi connectivity index (χ1) is 11.5. The maximum Gasteiger partial charge on any atom is 0.279 e. The lowest BCUT2D eigenvalue weighted by molar-refractivity contribution is 0.101. The molecule has 3 aromatic heterocycles. The molecule has 1 aliphatic rings. The Kier molecular flexibility index (Phi) is 3.22. The van der Waals surface area contributed by atoms with E-state index in [0.29, 0.717) is 22.8 Å². The second kappa shape index (κ2) is 5.29. The van der Waals surface area contributed by atoms with Crippen molar-refractivity contribution in [2.45, 2.75) is 38.6 Å². The number of nitrogen functional groups attached to an aromatic ring is 1. The van der Waals surface area contributed by atoms with Crippen LogP contribution in [0.15, 0.2) is 16.9 Å². The summed E-state index contributed by atoms with van der Waals surface area (Å²) >= 11 is 0. The number of carbonyl (C=O) groups excluding carboxylic acids is 1. The molecule has 4 rings (SSSR count). The van der Waals surface area contributed by atoms with E-state index in [2.05, 4.69) is 25.5 Å². The maximum absolute atomic E-state index is 12.4. The van der Waals surface area contributed by atoms with Gasteiger partial charge in [0.15, 0.2) is 17.2 Å². The van der Waals surface area contributed by atoms with Gasteiger partial charge in [-0.1, -0.05) is 5.16 Å². The third-order valence-corrected chi connectivity index (χ3v) is 3.98. The summed E-state index contributed by atoms with van der Waals surface area (Å²) in [5.41, 5.74) is 6.74. The van der Waals surface area contributed by atoms with Crippen LogP contribution in [0.1, 0.15) is 54.9 Å². The molecule has 24 heavy (non-hydrogen) atoms. The van der Waals surface area contributed by atoms with Crippen molar-refractivity contribution >= 4 is 28.6 Å². The van der Waals surface area contributed by atoms with E-state index < -0.39 is 5.91 Å². The monoisotopic (exact) mass is 327 g/mol. The van der Waals surface area contributed by atoms with Crippen molar-refractivity contribution in [2.75, 3.05) is 11.1 Å². The molecule has 0 radical (unpaired) electrons. The van der Waals surface area contributed by atoms with Crippen LogP contribution >= 0.6 is 0 Å². The van der Waals surface area contributed by atoms with Gasteiger partial charge in [0, 0.05) is 18.0 Å². The van der Waals surface area contributed by atoms with E-state index in [1.54, 1.807) is 10.7 Å². The lowest BCUT2D eigenvalue weighted by Crippen LogP contribution is -2.13. The molecule has 0 saturated heterocycles. The van der Waals surface area contributed by atoms with Crippen LogP contribution in [0.2, 0.25) is 0 Å². The van der Waals surface area contributed by atoms with Gasteiger partial charge in [0.25, 0.3) is 5.91 Å². The van der Waals surface area contributed by atoms with Gasteiger partial charge in [-0.25, -0.2) is 14.6 Å². The fraction of sp³-hybridized carbons (Fsp3) is 0.400. The molecule has 0 atom stereocenters. The summed E-state index contributed by atoms with van der Waals surface area (Å²) in [6.07, 6.45) is 3.53. The van der Waals surface area contributed by atoms with Crippen molar-refractivity contribution in [2.24, 2.45) is 0 Å². The van der Waals surface area contributed by atoms with Crippen molar-refractivity contribution in [1.29, 1.82) is 0 Å². The average Bonchev–Trinajstić information content (AvgIpc) is 3.15. The van der Waals surface area contributed by atoms with Crippen molar-refractivity contribution in [3.05, 3.63) is 23.8 Å². The molecular weight excluding hydrogens is 310 g/mol. The maximum atomic E-state index is 12.4. The third-order valence-electron chi connectivity index (χ3n) is 3.98. The van der Waals surface area contributed by atoms with E-state index in [9.17, 15) is 4.79 Å². The second-order valence-corrected chi connectivity index (χ2v) is 6.19. The molecule has 9 nitrogen and oxygen atoms in total. The van der Waals surface area contributed by atoms with Gasteiger partial charge in [-0.2, -0.15) is 5.10 Å². The molecule has 3 aromatic rings. The number of hydrogen-bond donors (Lipinski definition) is 2. The molecule has 0 unspecified atom stereocenters. The first-order valence-electron chi connectivity index (χ1n) is 7.81. The zero-order valence-corrected chi connectivity index (χ0v) is 13.4. The van der Waals surface area contributed by atoms with Gasteiger partial charge in [0.2, 0.25) is 0 Å². The Morgan fingerprint density at radius 3 is 2.92 bits per heavy atom. The normalized spacial score (nSPS) is 14.5. The summed E-state index contributed by atoms with van der Waals surface area (Å²) in [5.74, 6) is 1.33. The molecular formula is C15H17N7O2. The highest BCUT2D eigenvalue weighted by molar-refractivity contribution is 6.08. The number of nitrogens with two attached hydrogens (primary N) is 1. The molecule has 0 aromatic carbocycles. The number of hydrogen-bond acceptors (Lipinski definition) is 7. The predicted molar refractivity (Wildman–Crippen MR) is 86.6 cm³/mol. The topological polar surface area (TPSA) is 125 Å². The smallest absolute Gasteiger partial charge is 0.279 e. The Morgan fingerprint density at radius 1 is 1.42 bits per heavy atom. The molecule has 0 spiro atoms. The second-order valence-electron chi connectivity index (χ2n) is 6.19. The number of aromatic nitrogens is 5. The molecule has 1 aliphatic carbocycles. The molecule has 0 bridgehead atoms. The molecule has 9 heteroatoms. The number of rotatable bonds is 4. The van der Waals surface area contributed by atoms with Gasteiger partial charge in [-0.15, -0.1) is 0 Å². The van der Waals surface area contributed by atoms with Crippen LogP contribution in [-0.4, -0.2) is 30.8 Å². The van der Waals surface area contributed by atoms with Gasteiger partial charge in [-0.3, -0.25) is 4.79 Å². The van der Waals surface area contributed by atoms with Crippen LogP contribution in [0.25, 0.3) is 11.0 Å². The van der Waals surface area contributed by atoms with Gasteiger partial charge >= 0.3 is 0 Å². The number of nitrogens with zero attached hydrogens (tertiary/aromatic N) is 5. The van der Waals surface area contributed by atoms with Crippen molar-refractivity contribution in [3.8, 4) is 0 Å². The van der Waals surface area contributed by atoms with Gasteiger partial charge < -0.3 is 15.6 Å². The number of fused-ring (bicyclic) bond motifs is 1. The van der Waals surface area contributed by atoms with Crippen LogP contribution in [-0.2, 0) is 0 Å². The molecule has 1 amide bonds. The molecule has 3 heterocycles. The summed E-state index contributed by atoms with van der Waals surface area (Å²) in [5, 5.41) is 11.5. The highest BCUT2D eigenvalue weighted by Crippen LogP contribution is 2.40. The minimum absolute atomic E-state index is 0.0565. The summed E-state index contributed by atoms with van der Waals surface area (Å²) in [7, 11) is 0. The quantitative estimate of drug-likeness (QED) is 0.751. The van der Waals surface area contributed by atoms with Crippen LogP contribution in [0.3, 0.4) is 0 Å². The lowest BCUT2D eigenvalue weighted by Gasteiger charge is -2.05. The zero-order valence-electron chi connectivity index (χ0n) is 13.4. The first-order valence-corrected chi connectivity index (χ1v) is 7.81. The van der Waals surface area contributed by atoms with Gasteiger partial charge in [-0.05, 0) is 26.7 Å². The Hall–Kier alpha value is -2.97. The highest BCUT2D eigenvalue weighted by Gasteiger charge is 2.29. The summed E-state index contributed by atoms with van der Waals surface area (Å²) in [6.45, 7) is 3.94. The molecule has 124 valence electrons. The van der Waals surface area contributed by atoms with E-state index in [1.807, 2.05) is 13.8 Å². The minimum Gasteiger partial charge on any atom is -0.383 e.